The van der Waals surface area contributed by atoms with Crippen LogP contribution in [0.15, 0.2) is 24.3 Å². The van der Waals surface area contributed by atoms with Crippen LogP contribution < -0.4 is 10.6 Å². The van der Waals surface area contributed by atoms with Crippen LogP contribution in [0.25, 0.3) is 0 Å². The number of amides is 1. The number of hydrogen-bond donors (Lipinski definition) is 2. The molecule has 0 aromatic heterocycles. The van der Waals surface area contributed by atoms with Crippen LogP contribution in [-0.4, -0.2) is 55.2 Å². The van der Waals surface area contributed by atoms with Gasteiger partial charge in [-0.25, -0.2) is 0 Å². The van der Waals surface area contributed by atoms with Gasteiger partial charge in [0, 0.05) is 25.7 Å². The Morgan fingerprint density at radius 2 is 1.86 bits per heavy atom. The minimum atomic E-state index is -0.109. The van der Waals surface area contributed by atoms with Crippen LogP contribution in [0.3, 0.4) is 0 Å². The predicted octanol–water partition coefficient (Wildman–Crippen LogP) is 2.97. The molecule has 2 aliphatic rings. The summed E-state index contributed by atoms with van der Waals surface area (Å²) >= 11 is 0. The number of halogens is 2. The molecule has 28 heavy (non-hydrogen) atoms. The van der Waals surface area contributed by atoms with E-state index in [4.69, 9.17) is 4.74 Å². The SMILES string of the molecule is CC1CN(C(C(=O)NCC2NCCc3ccccc32)C(C)C)CC(C)O1.Cl.Cl. The molecule has 1 fully saturated rings. The Kier molecular flexibility index (Phi) is 10.2. The quantitative estimate of drug-likeness (QED) is 0.752. The van der Waals surface area contributed by atoms with E-state index < -0.39 is 0 Å². The number of ether oxygens (including phenoxy) is 1. The van der Waals surface area contributed by atoms with Gasteiger partial charge in [0.15, 0.2) is 0 Å². The van der Waals surface area contributed by atoms with E-state index in [0.717, 1.165) is 26.1 Å². The second-order valence-electron chi connectivity index (χ2n) is 8.10. The van der Waals surface area contributed by atoms with Crippen molar-refractivity contribution in [1.82, 2.24) is 15.5 Å². The summed E-state index contributed by atoms with van der Waals surface area (Å²) in [4.78, 5) is 15.3. The number of rotatable bonds is 5. The second kappa shape index (κ2) is 11.4. The van der Waals surface area contributed by atoms with Gasteiger partial charge in [0.25, 0.3) is 0 Å². The fourth-order valence-corrected chi connectivity index (χ4v) is 4.42. The van der Waals surface area contributed by atoms with Gasteiger partial charge < -0.3 is 15.4 Å². The Balaban J connectivity index is 0.00000196. The highest BCUT2D eigenvalue weighted by molar-refractivity contribution is 5.85. The molecule has 1 saturated heterocycles. The summed E-state index contributed by atoms with van der Waals surface area (Å²) in [6, 6.07) is 8.62. The molecule has 0 radical (unpaired) electrons. The van der Waals surface area contributed by atoms with Crippen LogP contribution in [0, 0.1) is 5.92 Å². The first-order valence-corrected chi connectivity index (χ1v) is 9.94. The summed E-state index contributed by atoms with van der Waals surface area (Å²) in [7, 11) is 0. The van der Waals surface area contributed by atoms with E-state index in [0.29, 0.717) is 6.54 Å². The number of fused-ring (bicyclic) bond motifs is 1. The van der Waals surface area contributed by atoms with E-state index in [1.54, 1.807) is 0 Å². The van der Waals surface area contributed by atoms with Crippen molar-refractivity contribution in [3.8, 4) is 0 Å². The summed E-state index contributed by atoms with van der Waals surface area (Å²) in [5.74, 6) is 0.394. The molecule has 0 saturated carbocycles. The molecule has 160 valence electrons. The lowest BCUT2D eigenvalue weighted by atomic mass is 9.94. The monoisotopic (exact) mass is 431 g/mol. The van der Waals surface area contributed by atoms with Gasteiger partial charge in [-0.2, -0.15) is 0 Å². The van der Waals surface area contributed by atoms with E-state index in [1.165, 1.54) is 11.1 Å². The summed E-state index contributed by atoms with van der Waals surface area (Å²) < 4.78 is 5.84. The standard InChI is InChI=1S/C21H33N3O2.2ClH/c1-14(2)20(24-12-15(3)26-16(4)13-24)21(25)23-11-19-18-8-6-5-7-17(18)9-10-22-19;;/h5-8,14-16,19-20,22H,9-13H2,1-4H3,(H,23,25);2*1H. The lowest BCUT2D eigenvalue weighted by molar-refractivity contribution is -0.135. The van der Waals surface area contributed by atoms with Crippen molar-refractivity contribution in [2.24, 2.45) is 5.92 Å². The molecule has 4 atom stereocenters. The first-order valence-electron chi connectivity index (χ1n) is 9.94. The Labute approximate surface area is 181 Å². The molecule has 7 heteroatoms. The molecule has 0 spiro atoms. The van der Waals surface area contributed by atoms with Crippen molar-refractivity contribution in [2.75, 3.05) is 26.2 Å². The maximum atomic E-state index is 13.0. The third kappa shape index (κ3) is 6.07. The van der Waals surface area contributed by atoms with Crippen molar-refractivity contribution >= 4 is 30.7 Å². The molecule has 1 aromatic carbocycles. The summed E-state index contributed by atoms with van der Waals surface area (Å²) in [5.41, 5.74) is 2.70. The summed E-state index contributed by atoms with van der Waals surface area (Å²) in [5, 5.41) is 6.76. The van der Waals surface area contributed by atoms with Crippen LogP contribution >= 0.6 is 24.8 Å². The number of morpholine rings is 1. The Bertz CT molecular complexity index is 619. The first kappa shape index (κ1) is 25.2. The third-order valence-electron chi connectivity index (χ3n) is 5.44. The van der Waals surface area contributed by atoms with Gasteiger partial charge in [-0.05, 0) is 43.9 Å². The maximum absolute atomic E-state index is 13.0. The number of carbonyl (C=O) groups is 1. The van der Waals surface area contributed by atoms with Gasteiger partial charge in [0.05, 0.1) is 18.2 Å². The molecular formula is C21H35Cl2N3O2. The van der Waals surface area contributed by atoms with Gasteiger partial charge in [-0.3, -0.25) is 9.69 Å². The molecule has 0 bridgehead atoms. The number of nitrogens with one attached hydrogen (secondary N) is 2. The summed E-state index contributed by atoms with van der Waals surface area (Å²) in [6.45, 7) is 11.6. The minimum absolute atomic E-state index is 0. The fraction of sp³-hybridized carbons (Fsp3) is 0.667. The topological polar surface area (TPSA) is 53.6 Å². The van der Waals surface area contributed by atoms with E-state index >= 15 is 0 Å². The van der Waals surface area contributed by atoms with Crippen LogP contribution in [0.2, 0.25) is 0 Å². The molecular weight excluding hydrogens is 397 g/mol. The van der Waals surface area contributed by atoms with Gasteiger partial charge in [0.1, 0.15) is 0 Å². The Hall–Kier alpha value is -0.850. The van der Waals surface area contributed by atoms with E-state index in [9.17, 15) is 4.79 Å². The predicted molar refractivity (Wildman–Crippen MR) is 119 cm³/mol. The first-order chi connectivity index (χ1) is 12.5. The van der Waals surface area contributed by atoms with E-state index in [1.807, 2.05) is 0 Å². The van der Waals surface area contributed by atoms with Crippen molar-refractivity contribution in [1.29, 1.82) is 0 Å². The molecule has 2 aliphatic heterocycles. The smallest absolute Gasteiger partial charge is 0.237 e. The van der Waals surface area contributed by atoms with Crippen molar-refractivity contribution in [2.45, 2.75) is 58.4 Å². The number of benzene rings is 1. The van der Waals surface area contributed by atoms with Crippen molar-refractivity contribution in [3.63, 3.8) is 0 Å². The molecule has 2 N–H and O–H groups in total. The number of nitrogens with zero attached hydrogens (tertiary/aromatic N) is 1. The fourth-order valence-electron chi connectivity index (χ4n) is 4.42. The zero-order valence-corrected chi connectivity index (χ0v) is 18.9. The van der Waals surface area contributed by atoms with Crippen LogP contribution in [-0.2, 0) is 16.0 Å². The maximum Gasteiger partial charge on any atom is 0.237 e. The van der Waals surface area contributed by atoms with Crippen LogP contribution in [0.1, 0.15) is 44.9 Å². The lowest BCUT2D eigenvalue weighted by Gasteiger charge is -2.41. The number of carbonyl (C=O) groups excluding carboxylic acids is 1. The molecule has 1 aromatic rings. The van der Waals surface area contributed by atoms with Crippen LogP contribution in [0.4, 0.5) is 0 Å². The number of hydrogen-bond acceptors (Lipinski definition) is 4. The van der Waals surface area contributed by atoms with Gasteiger partial charge >= 0.3 is 0 Å². The van der Waals surface area contributed by atoms with Gasteiger partial charge in [-0.15, -0.1) is 24.8 Å². The average Bonchev–Trinajstić information content (AvgIpc) is 2.59. The highest BCUT2D eigenvalue weighted by Gasteiger charge is 2.34. The minimum Gasteiger partial charge on any atom is -0.373 e. The molecule has 2 heterocycles. The van der Waals surface area contributed by atoms with E-state index in [2.05, 4.69) is 67.5 Å². The highest BCUT2D eigenvalue weighted by atomic mass is 35.5. The average molecular weight is 432 g/mol. The lowest BCUT2D eigenvalue weighted by Crippen LogP contribution is -2.57. The zero-order chi connectivity index (χ0) is 18.7. The molecule has 0 aliphatic carbocycles. The second-order valence-corrected chi connectivity index (χ2v) is 8.10. The Morgan fingerprint density at radius 1 is 1.21 bits per heavy atom. The highest BCUT2D eigenvalue weighted by Crippen LogP contribution is 2.23. The van der Waals surface area contributed by atoms with Gasteiger partial charge in [-0.1, -0.05) is 38.1 Å². The van der Waals surface area contributed by atoms with E-state index in [-0.39, 0.29) is 60.9 Å². The van der Waals surface area contributed by atoms with Crippen molar-refractivity contribution in [3.05, 3.63) is 35.4 Å². The third-order valence-corrected chi connectivity index (χ3v) is 5.44. The molecule has 5 nitrogen and oxygen atoms in total. The molecule has 4 unspecified atom stereocenters. The van der Waals surface area contributed by atoms with Crippen molar-refractivity contribution < 1.29 is 9.53 Å². The largest absolute Gasteiger partial charge is 0.373 e. The summed E-state index contributed by atoms with van der Waals surface area (Å²) in [6.07, 6.45) is 1.39. The zero-order valence-electron chi connectivity index (χ0n) is 17.3. The van der Waals surface area contributed by atoms with Crippen LogP contribution in [0.5, 0.6) is 0 Å². The Morgan fingerprint density at radius 3 is 2.50 bits per heavy atom. The molecule has 3 rings (SSSR count). The normalized spacial score (nSPS) is 25.8. The van der Waals surface area contributed by atoms with Gasteiger partial charge in [0.2, 0.25) is 5.91 Å². The molecule has 1 amide bonds.